The summed E-state index contributed by atoms with van der Waals surface area (Å²) in [6.45, 7) is 7.16. The Balaban J connectivity index is 3.72. The molecule has 0 radical (unpaired) electrons. The number of carbonyl (C=O) groups excluding carboxylic acids is 6. The minimum atomic E-state index is -4.77. The van der Waals surface area contributed by atoms with Gasteiger partial charge in [0.05, 0.1) is 5.54 Å². The third-order valence-corrected chi connectivity index (χ3v) is 9.88. The predicted octanol–water partition coefficient (Wildman–Crippen LogP) is -2.09. The lowest BCUT2D eigenvalue weighted by Crippen LogP contribution is -2.62. The Kier molecular flexibility index (Phi) is 12.2. The van der Waals surface area contributed by atoms with E-state index in [9.17, 15) is 28.8 Å². The fourth-order valence-electron chi connectivity index (χ4n) is 3.13. The van der Waals surface area contributed by atoms with Gasteiger partial charge in [0.2, 0.25) is 11.4 Å². The molecule has 4 N–H and O–H groups in total. The Hall–Kier alpha value is -4.02. The lowest BCUT2D eigenvalue weighted by molar-refractivity contribution is -0.151. The van der Waals surface area contributed by atoms with Crippen molar-refractivity contribution in [3.05, 3.63) is 5.82 Å². The molecule has 0 spiro atoms. The predicted molar refractivity (Wildman–Crippen MR) is 135 cm³/mol. The first-order valence-corrected chi connectivity index (χ1v) is 15.1. The number of hydrazine groups is 1. The van der Waals surface area contributed by atoms with Crippen LogP contribution < -0.4 is 22.0 Å². The molecule has 0 aromatic carbocycles. The Labute approximate surface area is 231 Å². The Morgan fingerprint density at radius 3 is 1.48 bits per heavy atom. The highest BCUT2D eigenvalue weighted by Crippen LogP contribution is 2.28. The van der Waals surface area contributed by atoms with Crippen LogP contribution in [0.5, 0.6) is 0 Å². The Morgan fingerprint density at radius 2 is 1.12 bits per heavy atom. The van der Waals surface area contributed by atoms with E-state index in [2.05, 4.69) is 15.0 Å². The summed E-state index contributed by atoms with van der Waals surface area (Å²) < 4.78 is 31.2. The van der Waals surface area contributed by atoms with Gasteiger partial charge in [0, 0.05) is 54.5 Å². The summed E-state index contributed by atoms with van der Waals surface area (Å²) in [4.78, 5) is 83.7. The molecule has 1 heterocycles. The highest BCUT2D eigenvalue weighted by atomic mass is 28.4. The SMILES string of the molecule is CC(=O)O[Si](OC(C)=O)(OC(C)=O)c1nc(CCN)nc(N(N)CC(C)[Si](OC(C)=O)(OC(C)=O)OC(C)=O)n1. The monoisotopic (exact) mass is 604 g/mol. The maximum absolute atomic E-state index is 11.9. The van der Waals surface area contributed by atoms with Gasteiger partial charge in [-0.3, -0.25) is 33.8 Å². The summed E-state index contributed by atoms with van der Waals surface area (Å²) in [5.41, 5.74) is 4.08. The summed E-state index contributed by atoms with van der Waals surface area (Å²) in [5, 5.41) is 0.891. The van der Waals surface area contributed by atoms with Gasteiger partial charge in [-0.15, -0.1) is 0 Å². The van der Waals surface area contributed by atoms with Gasteiger partial charge in [0.15, 0.2) is 0 Å². The minimum absolute atomic E-state index is 0.0163. The lowest BCUT2D eigenvalue weighted by atomic mass is 10.4. The molecule has 40 heavy (non-hydrogen) atoms. The highest BCUT2D eigenvalue weighted by Gasteiger charge is 2.60. The number of aromatic nitrogens is 3. The molecule has 0 saturated heterocycles. The number of hydrogen-bond acceptors (Lipinski definition) is 18. The normalized spacial score (nSPS) is 11.9. The lowest BCUT2D eigenvalue weighted by Gasteiger charge is -2.32. The molecular weight excluding hydrogens is 572 g/mol. The van der Waals surface area contributed by atoms with Gasteiger partial charge >= 0.3 is 17.6 Å². The summed E-state index contributed by atoms with van der Waals surface area (Å²) in [5.74, 6) is 0.253. The molecule has 20 heteroatoms. The molecule has 1 aromatic heterocycles. The number of anilines is 1. The Bertz CT molecular complexity index is 1070. The molecule has 1 aromatic rings. The van der Waals surface area contributed by atoms with Crippen LogP contribution in [0.4, 0.5) is 5.95 Å². The zero-order valence-corrected chi connectivity index (χ0v) is 25.0. The van der Waals surface area contributed by atoms with E-state index in [1.54, 1.807) is 0 Å². The van der Waals surface area contributed by atoms with E-state index >= 15 is 0 Å². The van der Waals surface area contributed by atoms with Crippen LogP contribution in [0.1, 0.15) is 54.3 Å². The highest BCUT2D eigenvalue weighted by molar-refractivity contribution is 6.77. The summed E-state index contributed by atoms with van der Waals surface area (Å²) in [6.07, 6.45) is 0.0314. The van der Waals surface area contributed by atoms with Gasteiger partial charge in [-0.05, 0) is 6.54 Å². The van der Waals surface area contributed by atoms with Gasteiger partial charge in [0.1, 0.15) is 5.82 Å². The van der Waals surface area contributed by atoms with Gasteiger partial charge in [-0.25, -0.2) is 10.8 Å². The second-order valence-corrected chi connectivity index (χ2v) is 13.2. The molecule has 0 fully saturated rings. The molecule has 0 aliphatic heterocycles. The van der Waals surface area contributed by atoms with Crippen molar-refractivity contribution in [2.75, 3.05) is 18.1 Å². The van der Waals surface area contributed by atoms with Crippen LogP contribution in [-0.4, -0.2) is 81.5 Å². The van der Waals surface area contributed by atoms with Gasteiger partial charge in [-0.1, -0.05) is 6.92 Å². The average molecular weight is 605 g/mol. The molecular formula is C20H32N6O12Si2. The topological polar surface area (TPSA) is 252 Å². The van der Waals surface area contributed by atoms with Crippen molar-refractivity contribution in [2.45, 2.75) is 60.4 Å². The van der Waals surface area contributed by atoms with Crippen LogP contribution in [0.3, 0.4) is 0 Å². The largest absolute Gasteiger partial charge is 0.782 e. The smallest absolute Gasteiger partial charge is 0.455 e. The fraction of sp³-hybridized carbons (Fsp3) is 0.550. The van der Waals surface area contributed by atoms with Gasteiger partial charge < -0.3 is 32.3 Å². The van der Waals surface area contributed by atoms with Gasteiger partial charge in [-0.2, -0.15) is 9.97 Å². The first kappa shape index (κ1) is 34.0. The van der Waals surface area contributed by atoms with Crippen molar-refractivity contribution < 1.29 is 55.3 Å². The van der Waals surface area contributed by atoms with Crippen LogP contribution in [0, 0.1) is 0 Å². The van der Waals surface area contributed by atoms with Crippen molar-refractivity contribution in [1.29, 1.82) is 0 Å². The molecule has 18 nitrogen and oxygen atoms in total. The van der Waals surface area contributed by atoms with E-state index in [1.165, 1.54) is 6.92 Å². The second-order valence-electron chi connectivity index (χ2n) is 8.19. The van der Waals surface area contributed by atoms with E-state index in [1.807, 2.05) is 0 Å². The molecule has 0 bridgehead atoms. The molecule has 0 aliphatic rings. The summed E-state index contributed by atoms with van der Waals surface area (Å²) in [6, 6.07) is 0. The fourth-order valence-corrected chi connectivity index (χ4v) is 7.52. The second kappa shape index (κ2) is 14.4. The van der Waals surface area contributed by atoms with E-state index in [-0.39, 0.29) is 31.3 Å². The third kappa shape index (κ3) is 9.94. The number of nitrogens with zero attached hydrogens (tertiary/aromatic N) is 4. The van der Waals surface area contributed by atoms with Crippen LogP contribution in [-0.2, 0) is 61.7 Å². The summed E-state index contributed by atoms with van der Waals surface area (Å²) >= 11 is 0. The maximum atomic E-state index is 11.9. The van der Waals surface area contributed by atoms with Crippen molar-refractivity contribution in [3.63, 3.8) is 0 Å². The van der Waals surface area contributed by atoms with Gasteiger partial charge in [0.25, 0.3) is 35.8 Å². The number of carbonyl (C=O) groups is 6. The van der Waals surface area contributed by atoms with Crippen molar-refractivity contribution >= 4 is 64.8 Å². The van der Waals surface area contributed by atoms with Crippen LogP contribution >= 0.6 is 0 Å². The van der Waals surface area contributed by atoms with Crippen molar-refractivity contribution in [3.8, 4) is 0 Å². The molecule has 1 unspecified atom stereocenters. The third-order valence-electron chi connectivity index (χ3n) is 4.33. The molecule has 0 saturated carbocycles. The maximum Gasteiger partial charge on any atom is 0.782 e. The standard InChI is InChI=1S/C20H32N6O12Si2/c1-11(39(33-12(2)27,34-13(3)28)35-14(4)29)10-26(22)19-23-18(8-9-21)24-20(25-19)40(36-15(5)30,37-16(6)31)38-17(7)32/h11H,8-10,21-22H2,1-7H3. The number of hydrogen-bond donors (Lipinski definition) is 2. The quantitative estimate of drug-likeness (QED) is 0.139. The minimum Gasteiger partial charge on any atom is -0.455 e. The number of rotatable bonds is 13. The molecule has 1 rings (SSSR count). The summed E-state index contributed by atoms with van der Waals surface area (Å²) in [7, 11) is -9.16. The number of nitrogens with two attached hydrogens (primary N) is 2. The van der Waals surface area contributed by atoms with Crippen LogP contribution in [0.15, 0.2) is 0 Å². The van der Waals surface area contributed by atoms with Crippen LogP contribution in [0.25, 0.3) is 0 Å². The molecule has 0 amide bonds. The molecule has 0 aliphatic carbocycles. The zero-order chi connectivity index (χ0) is 30.8. The first-order valence-electron chi connectivity index (χ1n) is 11.6. The molecule has 222 valence electrons. The average Bonchev–Trinajstić information content (AvgIpc) is 2.76. The first-order chi connectivity index (χ1) is 18.4. The Morgan fingerprint density at radius 1 is 0.725 bits per heavy atom. The van der Waals surface area contributed by atoms with Crippen molar-refractivity contribution in [2.24, 2.45) is 11.6 Å². The van der Waals surface area contributed by atoms with Crippen LogP contribution in [0.2, 0.25) is 5.54 Å². The van der Waals surface area contributed by atoms with E-state index < -0.39 is 64.4 Å². The van der Waals surface area contributed by atoms with E-state index in [0.717, 1.165) is 46.6 Å². The van der Waals surface area contributed by atoms with Crippen molar-refractivity contribution in [1.82, 2.24) is 15.0 Å². The zero-order valence-electron chi connectivity index (χ0n) is 23.0. The molecule has 1 atom stereocenters. The van der Waals surface area contributed by atoms with E-state index in [4.69, 9.17) is 38.1 Å². The van der Waals surface area contributed by atoms with E-state index in [0.29, 0.717) is 0 Å².